The van der Waals surface area contributed by atoms with E-state index in [-0.39, 0.29) is 15.4 Å². The molecule has 0 saturated heterocycles. The summed E-state index contributed by atoms with van der Waals surface area (Å²) in [5.74, 6) is 0. The van der Waals surface area contributed by atoms with E-state index in [9.17, 15) is 0 Å². The molecule has 0 unspecified atom stereocenters. The summed E-state index contributed by atoms with van der Waals surface area (Å²) in [6, 6.07) is 0. The van der Waals surface area contributed by atoms with Crippen LogP contribution in [-0.2, 0) is 0 Å². The molecule has 0 fully saturated rings. The van der Waals surface area contributed by atoms with Gasteiger partial charge in [0.1, 0.15) is 5.16 Å². The number of nitrogens with zero attached hydrogens (tertiary/aromatic N) is 1. The molecule has 0 radical (unpaired) electrons. The van der Waals surface area contributed by atoms with Crippen molar-refractivity contribution in [1.82, 2.24) is 0 Å². The topological polar surface area (TPSA) is 38.4 Å². The number of hydrogen-bond donors (Lipinski definition) is 1. The Morgan fingerprint density at radius 3 is 2.20 bits per heavy atom. The van der Waals surface area contributed by atoms with Gasteiger partial charge in [-0.15, -0.1) is 0 Å². The van der Waals surface area contributed by atoms with Crippen LogP contribution in [0.15, 0.2) is 28.0 Å². The van der Waals surface area contributed by atoms with Crippen molar-refractivity contribution in [2.45, 2.75) is 0 Å². The zero-order valence-corrected chi connectivity index (χ0v) is 7.21. The molecule has 0 amide bonds. The number of allylic oxidation sites excluding steroid dienone is 1. The van der Waals surface area contributed by atoms with E-state index in [0.717, 1.165) is 6.20 Å². The molecule has 0 rings (SSSR count). The van der Waals surface area contributed by atoms with Crippen LogP contribution < -0.4 is 5.73 Å². The molecule has 56 valence electrons. The quantitative estimate of drug-likeness (QED) is 0.538. The molecular weight excluding hydrogens is 194 g/mol. The fourth-order valence-corrected chi connectivity index (χ4v) is 0.564. The highest BCUT2D eigenvalue weighted by Gasteiger charge is 1.97. The highest BCUT2D eigenvalue weighted by Crippen LogP contribution is 2.10. The van der Waals surface area contributed by atoms with E-state index in [1.807, 2.05) is 0 Å². The molecule has 0 aromatic heterocycles. The molecule has 2 nitrogen and oxygen atoms in total. The first-order chi connectivity index (χ1) is 4.57. The van der Waals surface area contributed by atoms with Gasteiger partial charge in [0.05, 0.1) is 5.03 Å². The van der Waals surface area contributed by atoms with Crippen LogP contribution in [0.5, 0.6) is 0 Å². The third-order valence-corrected chi connectivity index (χ3v) is 1.34. The first-order valence-corrected chi connectivity index (χ1v) is 3.37. The van der Waals surface area contributed by atoms with Crippen LogP contribution in [0, 0.1) is 0 Å². The molecule has 2 N–H and O–H groups in total. The number of rotatable bonds is 2. The van der Waals surface area contributed by atoms with Gasteiger partial charge in [0.15, 0.2) is 5.17 Å². The predicted molar refractivity (Wildman–Crippen MR) is 46.4 cm³/mol. The summed E-state index contributed by atoms with van der Waals surface area (Å²) in [7, 11) is 0. The Balaban J connectivity index is 4.35. The normalized spacial score (nSPS) is 13.5. The number of nitrogens with two attached hydrogens (primary N) is 1. The standard InChI is InChI=1S/C5H5Cl3N2/c1-3(6)10-5(8)4(7)2-9/h2H,1,9H2/b4-2+,10-5+. The maximum absolute atomic E-state index is 5.45. The summed E-state index contributed by atoms with van der Waals surface area (Å²) in [4.78, 5) is 3.52. The van der Waals surface area contributed by atoms with Crippen LogP contribution >= 0.6 is 34.8 Å². The maximum Gasteiger partial charge on any atom is 0.150 e. The van der Waals surface area contributed by atoms with E-state index < -0.39 is 0 Å². The van der Waals surface area contributed by atoms with Gasteiger partial charge in [0.25, 0.3) is 0 Å². The van der Waals surface area contributed by atoms with Crippen molar-refractivity contribution in [2.24, 2.45) is 10.7 Å². The van der Waals surface area contributed by atoms with Gasteiger partial charge in [0.2, 0.25) is 0 Å². The van der Waals surface area contributed by atoms with Crippen molar-refractivity contribution in [2.75, 3.05) is 0 Å². The molecular formula is C5H5Cl3N2. The minimum absolute atomic E-state index is 0.0316. The van der Waals surface area contributed by atoms with Gasteiger partial charge >= 0.3 is 0 Å². The number of aliphatic imine (C=N–C) groups is 1. The van der Waals surface area contributed by atoms with Gasteiger partial charge in [-0.25, -0.2) is 4.99 Å². The summed E-state index contributed by atoms with van der Waals surface area (Å²) in [6.45, 7) is 3.28. The Morgan fingerprint density at radius 2 is 1.90 bits per heavy atom. The van der Waals surface area contributed by atoms with Crippen molar-refractivity contribution >= 4 is 40.0 Å². The minimum atomic E-state index is 0.0316. The zero-order chi connectivity index (χ0) is 8.15. The summed E-state index contributed by atoms with van der Waals surface area (Å²) in [6.07, 6.45) is 1.12. The molecule has 0 heterocycles. The number of halogens is 3. The monoisotopic (exact) mass is 198 g/mol. The second-order valence-electron chi connectivity index (χ2n) is 1.29. The lowest BCUT2D eigenvalue weighted by atomic mass is 10.6. The van der Waals surface area contributed by atoms with Gasteiger partial charge in [-0.3, -0.25) is 0 Å². The lowest BCUT2D eigenvalue weighted by molar-refractivity contribution is 1.53. The lowest BCUT2D eigenvalue weighted by Crippen LogP contribution is -1.90. The maximum atomic E-state index is 5.45. The highest BCUT2D eigenvalue weighted by molar-refractivity contribution is 6.76. The molecule has 5 heteroatoms. The van der Waals surface area contributed by atoms with Crippen molar-refractivity contribution < 1.29 is 0 Å². The average molecular weight is 199 g/mol. The molecule has 0 aliphatic rings. The third kappa shape index (κ3) is 3.77. The molecule has 10 heavy (non-hydrogen) atoms. The second-order valence-corrected chi connectivity index (χ2v) is 2.49. The first kappa shape index (κ1) is 9.82. The molecule has 0 aromatic carbocycles. The molecule has 0 atom stereocenters. The predicted octanol–water partition coefficient (Wildman–Crippen LogP) is 2.37. The van der Waals surface area contributed by atoms with Crippen LogP contribution in [0.25, 0.3) is 0 Å². The average Bonchev–Trinajstić information content (AvgIpc) is 1.85. The Morgan fingerprint density at radius 1 is 1.40 bits per heavy atom. The fourth-order valence-electron chi connectivity index (χ4n) is 0.229. The van der Waals surface area contributed by atoms with E-state index in [2.05, 4.69) is 11.6 Å². The van der Waals surface area contributed by atoms with Crippen LogP contribution in [0.1, 0.15) is 0 Å². The van der Waals surface area contributed by atoms with Crippen molar-refractivity contribution in [3.05, 3.63) is 23.0 Å². The third-order valence-electron chi connectivity index (χ3n) is 0.563. The van der Waals surface area contributed by atoms with E-state index >= 15 is 0 Å². The van der Waals surface area contributed by atoms with Crippen LogP contribution in [0.2, 0.25) is 0 Å². The largest absolute Gasteiger partial charge is 0.403 e. The van der Waals surface area contributed by atoms with E-state index in [1.54, 1.807) is 0 Å². The smallest absolute Gasteiger partial charge is 0.150 e. The molecule has 0 aliphatic carbocycles. The summed E-state index contributed by atoms with van der Waals surface area (Å²) >= 11 is 16.2. The lowest BCUT2D eigenvalue weighted by Gasteiger charge is -1.91. The second kappa shape index (κ2) is 4.61. The summed E-state index contributed by atoms with van der Waals surface area (Å²) < 4.78 is 0. The van der Waals surface area contributed by atoms with Gasteiger partial charge in [-0.05, 0) is 0 Å². The van der Waals surface area contributed by atoms with Crippen LogP contribution in [0.4, 0.5) is 0 Å². The van der Waals surface area contributed by atoms with Gasteiger partial charge in [-0.2, -0.15) is 0 Å². The molecule has 0 bridgehead atoms. The Hall–Kier alpha value is -0.180. The summed E-state index contributed by atoms with van der Waals surface area (Å²) in [5, 5.41) is 0.234. The van der Waals surface area contributed by atoms with Crippen molar-refractivity contribution in [3.63, 3.8) is 0 Å². The molecule has 0 aromatic rings. The minimum Gasteiger partial charge on any atom is -0.403 e. The van der Waals surface area contributed by atoms with E-state index in [1.165, 1.54) is 0 Å². The SMILES string of the molecule is C=C(Cl)/N=C(Cl)\C(Cl)=C/N. The van der Waals surface area contributed by atoms with Gasteiger partial charge < -0.3 is 5.73 Å². The molecule has 0 spiro atoms. The zero-order valence-electron chi connectivity index (χ0n) is 4.94. The Kier molecular flexibility index (Phi) is 4.52. The summed E-state index contributed by atoms with van der Waals surface area (Å²) in [5.41, 5.74) is 5.02. The van der Waals surface area contributed by atoms with Gasteiger partial charge in [0, 0.05) is 6.20 Å². The highest BCUT2D eigenvalue weighted by atomic mass is 35.5. The van der Waals surface area contributed by atoms with Crippen molar-refractivity contribution in [1.29, 1.82) is 0 Å². The first-order valence-electron chi connectivity index (χ1n) is 2.24. The molecule has 0 saturated carbocycles. The van der Waals surface area contributed by atoms with Crippen LogP contribution in [0.3, 0.4) is 0 Å². The van der Waals surface area contributed by atoms with E-state index in [4.69, 9.17) is 40.5 Å². The van der Waals surface area contributed by atoms with Crippen LogP contribution in [-0.4, -0.2) is 5.17 Å². The van der Waals surface area contributed by atoms with E-state index in [0.29, 0.717) is 0 Å². The number of hydrogen-bond acceptors (Lipinski definition) is 2. The Bertz CT molecular complexity index is 195. The fraction of sp³-hybridized carbons (Fsp3) is 0. The Labute approximate surface area is 74.0 Å². The molecule has 0 aliphatic heterocycles. The van der Waals surface area contributed by atoms with Gasteiger partial charge in [-0.1, -0.05) is 41.4 Å². The van der Waals surface area contributed by atoms with Crippen molar-refractivity contribution in [3.8, 4) is 0 Å².